The average molecular weight is 356 g/mol. The maximum atomic E-state index is 14.5. The van der Waals surface area contributed by atoms with Crippen LogP contribution in [-0.2, 0) is 5.54 Å². The van der Waals surface area contributed by atoms with Gasteiger partial charge in [0, 0.05) is 24.0 Å². The van der Waals surface area contributed by atoms with Crippen molar-refractivity contribution in [2.24, 2.45) is 0 Å². The van der Waals surface area contributed by atoms with Gasteiger partial charge in [-0.2, -0.15) is 5.10 Å². The van der Waals surface area contributed by atoms with Crippen LogP contribution in [0, 0.1) is 11.6 Å². The molecule has 5 nitrogen and oxygen atoms in total. The summed E-state index contributed by atoms with van der Waals surface area (Å²) in [7, 11) is 0. The second-order valence-electron chi connectivity index (χ2n) is 6.67. The van der Waals surface area contributed by atoms with Gasteiger partial charge in [-0.05, 0) is 25.0 Å². The van der Waals surface area contributed by atoms with Crippen LogP contribution in [0.15, 0.2) is 42.9 Å². The van der Waals surface area contributed by atoms with Crippen molar-refractivity contribution in [1.82, 2.24) is 19.9 Å². The first-order valence-electron chi connectivity index (χ1n) is 8.65. The van der Waals surface area contributed by atoms with Crippen LogP contribution >= 0.6 is 0 Å². The van der Waals surface area contributed by atoms with Gasteiger partial charge < -0.3 is 5.32 Å². The maximum absolute atomic E-state index is 14.5. The van der Waals surface area contributed by atoms with Gasteiger partial charge in [-0.1, -0.05) is 25.3 Å². The highest BCUT2D eigenvalue weighted by molar-refractivity contribution is 6.00. The van der Waals surface area contributed by atoms with E-state index in [4.69, 9.17) is 0 Å². The third-order valence-corrected chi connectivity index (χ3v) is 5.03. The normalized spacial score (nSPS) is 16.5. The molecule has 0 atom stereocenters. The van der Waals surface area contributed by atoms with E-state index < -0.39 is 17.2 Å². The van der Waals surface area contributed by atoms with Crippen molar-refractivity contribution in [3.05, 3.63) is 65.6 Å². The van der Waals surface area contributed by atoms with Gasteiger partial charge in [0.25, 0.3) is 5.91 Å². The lowest BCUT2D eigenvalue weighted by Gasteiger charge is -2.38. The molecular formula is C19H18F2N4O. The van der Waals surface area contributed by atoms with E-state index >= 15 is 0 Å². The molecule has 1 saturated carbocycles. The molecule has 26 heavy (non-hydrogen) atoms. The summed E-state index contributed by atoms with van der Waals surface area (Å²) in [4.78, 5) is 17.1. The Kier molecular flexibility index (Phi) is 4.14. The van der Waals surface area contributed by atoms with E-state index in [1.165, 1.54) is 22.8 Å². The van der Waals surface area contributed by atoms with Crippen molar-refractivity contribution in [3.63, 3.8) is 0 Å². The molecule has 0 aliphatic heterocycles. The summed E-state index contributed by atoms with van der Waals surface area (Å²) in [5, 5.41) is 7.14. The van der Waals surface area contributed by atoms with Crippen LogP contribution < -0.4 is 5.32 Å². The summed E-state index contributed by atoms with van der Waals surface area (Å²) in [5.41, 5.74) is 0.251. The van der Waals surface area contributed by atoms with Crippen LogP contribution in [0.3, 0.4) is 0 Å². The number of carbonyl (C=O) groups is 1. The second kappa shape index (κ2) is 6.48. The van der Waals surface area contributed by atoms with E-state index in [2.05, 4.69) is 15.4 Å². The third-order valence-electron chi connectivity index (χ3n) is 5.03. The Morgan fingerprint density at radius 3 is 2.77 bits per heavy atom. The first-order valence-corrected chi connectivity index (χ1v) is 8.65. The Hall–Kier alpha value is -2.83. The second-order valence-corrected chi connectivity index (χ2v) is 6.67. The highest BCUT2D eigenvalue weighted by Gasteiger charge is 2.38. The number of rotatable bonds is 3. The van der Waals surface area contributed by atoms with E-state index in [1.807, 2.05) is 0 Å². The molecule has 1 aliphatic carbocycles. The lowest BCUT2D eigenvalue weighted by Crippen LogP contribution is -2.47. The van der Waals surface area contributed by atoms with Crippen molar-refractivity contribution < 1.29 is 13.6 Å². The number of halogens is 2. The molecule has 2 heterocycles. The summed E-state index contributed by atoms with van der Waals surface area (Å²) in [6, 6.07) is 5.26. The molecule has 1 aliphatic rings. The standard InChI is InChI=1S/C19H18F2N4O/c20-13-5-6-15(16(21)11-13)19(7-2-1-3-8-19)24-18(26)14-12-23-25-10-4-9-22-17(14)25/h4-6,9-12H,1-3,7-8H2,(H,24,26). The zero-order valence-electron chi connectivity index (χ0n) is 14.1. The van der Waals surface area contributed by atoms with E-state index in [1.54, 1.807) is 18.5 Å². The van der Waals surface area contributed by atoms with Crippen LogP contribution in [0.4, 0.5) is 8.78 Å². The number of nitrogens with zero attached hydrogens (tertiary/aromatic N) is 3. The summed E-state index contributed by atoms with van der Waals surface area (Å²) < 4.78 is 29.4. The molecule has 1 N–H and O–H groups in total. The van der Waals surface area contributed by atoms with E-state index in [0.29, 0.717) is 29.6 Å². The summed E-state index contributed by atoms with van der Waals surface area (Å²) in [6.45, 7) is 0. The Labute approximate surface area is 149 Å². The van der Waals surface area contributed by atoms with Gasteiger partial charge in [0.05, 0.1) is 11.7 Å². The molecule has 1 aromatic carbocycles. The fourth-order valence-electron chi connectivity index (χ4n) is 3.77. The largest absolute Gasteiger partial charge is 0.342 e. The van der Waals surface area contributed by atoms with Crippen molar-refractivity contribution >= 4 is 11.6 Å². The van der Waals surface area contributed by atoms with Gasteiger partial charge in [-0.25, -0.2) is 18.3 Å². The van der Waals surface area contributed by atoms with Gasteiger partial charge >= 0.3 is 0 Å². The topological polar surface area (TPSA) is 59.3 Å². The zero-order valence-corrected chi connectivity index (χ0v) is 14.1. The van der Waals surface area contributed by atoms with Crippen LogP contribution in [0.25, 0.3) is 5.65 Å². The molecule has 1 amide bonds. The average Bonchev–Trinajstić information content (AvgIpc) is 3.06. The fourth-order valence-corrected chi connectivity index (χ4v) is 3.77. The molecule has 0 unspecified atom stereocenters. The van der Waals surface area contributed by atoms with Crippen molar-refractivity contribution in [2.45, 2.75) is 37.6 Å². The van der Waals surface area contributed by atoms with Crippen molar-refractivity contribution in [3.8, 4) is 0 Å². The number of carbonyl (C=O) groups excluding carboxylic acids is 1. The molecule has 0 radical (unpaired) electrons. The maximum Gasteiger partial charge on any atom is 0.257 e. The molecule has 0 spiro atoms. The number of aromatic nitrogens is 3. The molecule has 3 aromatic rings. The molecule has 134 valence electrons. The Morgan fingerprint density at radius 1 is 1.19 bits per heavy atom. The van der Waals surface area contributed by atoms with Crippen molar-refractivity contribution in [2.75, 3.05) is 0 Å². The Balaban J connectivity index is 1.72. The third kappa shape index (κ3) is 2.83. The Bertz CT molecular complexity index is 963. The first-order chi connectivity index (χ1) is 12.6. The van der Waals surface area contributed by atoms with E-state index in [-0.39, 0.29) is 5.91 Å². The quantitative estimate of drug-likeness (QED) is 0.780. The van der Waals surface area contributed by atoms with Gasteiger partial charge in [-0.15, -0.1) is 0 Å². The lowest BCUT2D eigenvalue weighted by molar-refractivity contribution is 0.0864. The predicted molar refractivity (Wildman–Crippen MR) is 91.6 cm³/mol. The van der Waals surface area contributed by atoms with Crippen LogP contribution in [0.1, 0.15) is 48.0 Å². The molecule has 0 bridgehead atoms. The van der Waals surface area contributed by atoms with Gasteiger partial charge in [0.15, 0.2) is 5.65 Å². The number of fused-ring (bicyclic) bond motifs is 1. The number of benzene rings is 1. The monoisotopic (exact) mass is 356 g/mol. The number of hydrogen-bond acceptors (Lipinski definition) is 3. The highest BCUT2D eigenvalue weighted by atomic mass is 19.1. The van der Waals surface area contributed by atoms with Crippen LogP contribution in [0.5, 0.6) is 0 Å². The molecule has 1 fully saturated rings. The molecule has 0 saturated heterocycles. The number of hydrogen-bond donors (Lipinski definition) is 1. The molecular weight excluding hydrogens is 338 g/mol. The lowest BCUT2D eigenvalue weighted by atomic mass is 9.76. The SMILES string of the molecule is O=C(NC1(c2ccc(F)cc2F)CCCCC1)c1cnn2cccnc12. The fraction of sp³-hybridized carbons (Fsp3) is 0.316. The summed E-state index contributed by atoms with van der Waals surface area (Å²) in [6.07, 6.45) is 8.71. The zero-order chi connectivity index (χ0) is 18.1. The molecule has 4 rings (SSSR count). The van der Waals surface area contributed by atoms with Crippen LogP contribution in [0.2, 0.25) is 0 Å². The smallest absolute Gasteiger partial charge is 0.257 e. The van der Waals surface area contributed by atoms with Crippen LogP contribution in [-0.4, -0.2) is 20.5 Å². The number of nitrogens with one attached hydrogen (secondary N) is 1. The highest BCUT2D eigenvalue weighted by Crippen LogP contribution is 2.38. The van der Waals surface area contributed by atoms with E-state index in [9.17, 15) is 13.6 Å². The molecule has 7 heteroatoms. The van der Waals surface area contributed by atoms with E-state index in [0.717, 1.165) is 25.3 Å². The summed E-state index contributed by atoms with van der Waals surface area (Å²) in [5.74, 6) is -1.62. The summed E-state index contributed by atoms with van der Waals surface area (Å²) >= 11 is 0. The van der Waals surface area contributed by atoms with Gasteiger partial charge in [0.2, 0.25) is 0 Å². The predicted octanol–water partition coefficient (Wildman–Crippen LogP) is 3.60. The van der Waals surface area contributed by atoms with Gasteiger partial charge in [-0.3, -0.25) is 4.79 Å². The minimum Gasteiger partial charge on any atom is -0.342 e. The Morgan fingerprint density at radius 2 is 2.00 bits per heavy atom. The molecule has 2 aromatic heterocycles. The minimum atomic E-state index is -0.851. The first kappa shape index (κ1) is 16.6. The number of amides is 1. The van der Waals surface area contributed by atoms with Crippen molar-refractivity contribution in [1.29, 1.82) is 0 Å². The minimum absolute atomic E-state index is 0.330. The van der Waals surface area contributed by atoms with Gasteiger partial charge in [0.1, 0.15) is 17.2 Å².